The van der Waals surface area contributed by atoms with Gasteiger partial charge in [0.25, 0.3) is 0 Å². The quantitative estimate of drug-likeness (QED) is 0.459. The number of amides is 2. The molecular formula is C26H28N4O5. The molecule has 182 valence electrons. The van der Waals surface area contributed by atoms with Gasteiger partial charge in [-0.25, -0.2) is 4.79 Å². The number of nitrogens with one attached hydrogen (secondary N) is 2. The second-order valence-corrected chi connectivity index (χ2v) is 8.61. The molecule has 0 fully saturated rings. The summed E-state index contributed by atoms with van der Waals surface area (Å²) in [6, 6.07) is 14.6. The average molecular weight is 477 g/mol. The normalized spacial score (nSPS) is 13.0. The van der Waals surface area contributed by atoms with Crippen LogP contribution in [-0.4, -0.2) is 45.5 Å². The van der Waals surface area contributed by atoms with Gasteiger partial charge in [-0.3, -0.25) is 14.3 Å². The van der Waals surface area contributed by atoms with E-state index in [4.69, 9.17) is 4.74 Å². The van der Waals surface area contributed by atoms with Crippen molar-refractivity contribution in [1.29, 1.82) is 0 Å². The molecule has 1 unspecified atom stereocenters. The van der Waals surface area contributed by atoms with Crippen molar-refractivity contribution in [2.45, 2.75) is 38.8 Å². The van der Waals surface area contributed by atoms with Gasteiger partial charge in [0.05, 0.1) is 12.1 Å². The molecule has 1 aromatic heterocycles. The molecule has 9 nitrogen and oxygen atoms in total. The number of alkyl carbamates (subject to hydrolysis) is 1. The molecule has 0 saturated heterocycles. The third kappa shape index (κ3) is 5.03. The van der Waals surface area contributed by atoms with Gasteiger partial charge < -0.3 is 20.5 Å². The van der Waals surface area contributed by atoms with Crippen molar-refractivity contribution in [3.05, 3.63) is 76.6 Å². The molecule has 3 aromatic rings. The fourth-order valence-corrected chi connectivity index (χ4v) is 4.54. The van der Waals surface area contributed by atoms with E-state index in [-0.39, 0.29) is 19.1 Å². The summed E-state index contributed by atoms with van der Waals surface area (Å²) in [6.45, 7) is 3.95. The Labute approximate surface area is 203 Å². The predicted octanol–water partition coefficient (Wildman–Crippen LogP) is 3.04. The zero-order valence-corrected chi connectivity index (χ0v) is 19.9. The number of nitrogens with zero attached hydrogens (tertiary/aromatic N) is 2. The maximum absolute atomic E-state index is 12.7. The van der Waals surface area contributed by atoms with E-state index in [1.165, 1.54) is 0 Å². The number of hydrogen-bond donors (Lipinski definition) is 3. The number of rotatable bonds is 8. The van der Waals surface area contributed by atoms with Gasteiger partial charge in [-0.2, -0.15) is 5.10 Å². The van der Waals surface area contributed by atoms with Crippen LogP contribution in [0.15, 0.2) is 48.5 Å². The highest BCUT2D eigenvalue weighted by Gasteiger charge is 2.30. The van der Waals surface area contributed by atoms with Crippen molar-refractivity contribution in [3.8, 4) is 11.1 Å². The highest BCUT2D eigenvalue weighted by molar-refractivity contribution is 5.89. The minimum absolute atomic E-state index is 0.0648. The van der Waals surface area contributed by atoms with Gasteiger partial charge in [0.15, 0.2) is 0 Å². The van der Waals surface area contributed by atoms with Crippen LogP contribution in [0.2, 0.25) is 0 Å². The Morgan fingerprint density at radius 1 is 1.06 bits per heavy atom. The van der Waals surface area contributed by atoms with Gasteiger partial charge in [0.2, 0.25) is 5.91 Å². The topological polar surface area (TPSA) is 123 Å². The minimum atomic E-state index is -1.28. The number of ether oxygens (including phenoxy) is 1. The number of carboxylic acid groups (broad SMARTS) is 1. The van der Waals surface area contributed by atoms with Crippen molar-refractivity contribution < 1.29 is 24.2 Å². The number of aliphatic carboxylic acids is 1. The van der Waals surface area contributed by atoms with Crippen LogP contribution < -0.4 is 10.6 Å². The number of fused-ring (bicyclic) bond motifs is 3. The van der Waals surface area contributed by atoms with Gasteiger partial charge >= 0.3 is 12.1 Å². The standard InChI is InChI=1S/C26H28N4O5/c1-15-21(16(2)30(3)29-15)13-27-25(33)23(12-24(31)32)28-26(34)35-14-22-19-10-6-4-8-17(19)18-9-5-7-11-20(18)22/h4-11,22-23H,12-14H2,1-3H3,(H,27,33)(H,28,34)(H,31,32). The molecule has 2 aromatic carbocycles. The largest absolute Gasteiger partial charge is 0.481 e. The fourth-order valence-electron chi connectivity index (χ4n) is 4.54. The van der Waals surface area contributed by atoms with E-state index >= 15 is 0 Å². The van der Waals surface area contributed by atoms with Crippen LogP contribution in [-0.2, 0) is 27.9 Å². The Morgan fingerprint density at radius 2 is 1.66 bits per heavy atom. The lowest BCUT2D eigenvalue weighted by atomic mass is 9.98. The third-order valence-electron chi connectivity index (χ3n) is 6.43. The molecule has 3 N–H and O–H groups in total. The van der Waals surface area contributed by atoms with Crippen LogP contribution in [0.4, 0.5) is 4.79 Å². The first kappa shape index (κ1) is 24.0. The van der Waals surface area contributed by atoms with Crippen LogP contribution in [0.1, 0.15) is 40.4 Å². The van der Waals surface area contributed by atoms with E-state index in [1.54, 1.807) is 11.7 Å². The van der Waals surface area contributed by atoms with Crippen LogP contribution >= 0.6 is 0 Å². The summed E-state index contributed by atoms with van der Waals surface area (Å²) in [6.07, 6.45) is -1.41. The molecule has 35 heavy (non-hydrogen) atoms. The van der Waals surface area contributed by atoms with Crippen molar-refractivity contribution in [3.63, 3.8) is 0 Å². The molecule has 4 rings (SSSR count). The number of carboxylic acids is 1. The smallest absolute Gasteiger partial charge is 0.407 e. The summed E-state index contributed by atoms with van der Waals surface area (Å²) < 4.78 is 7.18. The van der Waals surface area contributed by atoms with Gasteiger partial charge in [0.1, 0.15) is 12.6 Å². The van der Waals surface area contributed by atoms with Gasteiger partial charge in [-0.1, -0.05) is 48.5 Å². The minimum Gasteiger partial charge on any atom is -0.481 e. The first-order valence-corrected chi connectivity index (χ1v) is 11.4. The second kappa shape index (κ2) is 10.0. The van der Waals surface area contributed by atoms with Gasteiger partial charge in [-0.05, 0) is 36.1 Å². The first-order valence-electron chi connectivity index (χ1n) is 11.4. The zero-order chi connectivity index (χ0) is 25.1. The van der Waals surface area contributed by atoms with Crippen molar-refractivity contribution in [1.82, 2.24) is 20.4 Å². The molecule has 1 atom stereocenters. The van der Waals surface area contributed by atoms with Gasteiger partial charge in [0, 0.05) is 30.8 Å². The highest BCUT2D eigenvalue weighted by atomic mass is 16.5. The third-order valence-corrected chi connectivity index (χ3v) is 6.43. The Bertz CT molecular complexity index is 1240. The maximum atomic E-state index is 12.7. The molecule has 1 aliphatic carbocycles. The molecule has 9 heteroatoms. The molecule has 1 heterocycles. The number of aryl methyl sites for hydroxylation is 2. The van der Waals surface area contributed by atoms with E-state index in [0.29, 0.717) is 0 Å². The Kier molecular flexibility index (Phi) is 6.86. The second-order valence-electron chi connectivity index (χ2n) is 8.61. The Hall–Kier alpha value is -4.14. The number of benzene rings is 2. The monoisotopic (exact) mass is 476 g/mol. The van der Waals surface area contributed by atoms with E-state index in [2.05, 4.69) is 15.7 Å². The lowest BCUT2D eigenvalue weighted by molar-refractivity contribution is -0.139. The molecule has 0 saturated carbocycles. The van der Waals surface area contributed by atoms with Gasteiger partial charge in [-0.15, -0.1) is 0 Å². The van der Waals surface area contributed by atoms with Crippen molar-refractivity contribution in [2.75, 3.05) is 6.61 Å². The zero-order valence-electron chi connectivity index (χ0n) is 19.9. The summed E-state index contributed by atoms with van der Waals surface area (Å²) in [4.78, 5) is 36.7. The summed E-state index contributed by atoms with van der Waals surface area (Å²) in [7, 11) is 1.81. The number of carbonyl (C=O) groups is 3. The van der Waals surface area contributed by atoms with Crippen LogP contribution in [0.5, 0.6) is 0 Å². The molecule has 1 aliphatic rings. The Morgan fingerprint density at radius 3 is 2.20 bits per heavy atom. The van der Waals surface area contributed by atoms with Crippen LogP contribution in [0.25, 0.3) is 11.1 Å². The molecule has 0 bridgehead atoms. The molecular weight excluding hydrogens is 448 g/mol. The highest BCUT2D eigenvalue weighted by Crippen LogP contribution is 2.44. The first-order chi connectivity index (χ1) is 16.8. The lowest BCUT2D eigenvalue weighted by Crippen LogP contribution is -2.48. The molecule has 0 radical (unpaired) electrons. The summed E-state index contributed by atoms with van der Waals surface area (Å²) in [5, 5.41) is 18.7. The maximum Gasteiger partial charge on any atom is 0.407 e. The molecule has 2 amide bonds. The van der Waals surface area contributed by atoms with Crippen molar-refractivity contribution in [2.24, 2.45) is 7.05 Å². The van der Waals surface area contributed by atoms with E-state index in [1.807, 2.05) is 62.4 Å². The summed E-state index contributed by atoms with van der Waals surface area (Å²) in [5.41, 5.74) is 6.82. The average Bonchev–Trinajstić information content (AvgIpc) is 3.28. The van der Waals surface area contributed by atoms with Crippen molar-refractivity contribution >= 4 is 18.0 Å². The fraction of sp³-hybridized carbons (Fsp3) is 0.308. The number of carbonyl (C=O) groups excluding carboxylic acids is 2. The molecule has 0 spiro atoms. The summed E-state index contributed by atoms with van der Waals surface area (Å²) in [5.74, 6) is -1.96. The van der Waals surface area contributed by atoms with Crippen LogP contribution in [0, 0.1) is 13.8 Å². The lowest BCUT2D eigenvalue weighted by Gasteiger charge is -2.19. The predicted molar refractivity (Wildman–Crippen MR) is 129 cm³/mol. The van der Waals surface area contributed by atoms with Crippen LogP contribution in [0.3, 0.4) is 0 Å². The van der Waals surface area contributed by atoms with E-state index < -0.39 is 30.4 Å². The number of hydrogen-bond acceptors (Lipinski definition) is 5. The molecule has 0 aliphatic heterocycles. The Balaban J connectivity index is 1.40. The number of aromatic nitrogens is 2. The van der Waals surface area contributed by atoms with E-state index in [0.717, 1.165) is 39.2 Å². The SMILES string of the molecule is Cc1nn(C)c(C)c1CNC(=O)C(CC(=O)O)NC(=O)OCC1c2ccccc2-c2ccccc21. The summed E-state index contributed by atoms with van der Waals surface area (Å²) >= 11 is 0. The van der Waals surface area contributed by atoms with E-state index in [9.17, 15) is 19.5 Å².